The minimum absolute atomic E-state index is 0.0550. The van der Waals surface area contributed by atoms with Gasteiger partial charge in [0, 0.05) is 10.6 Å². The summed E-state index contributed by atoms with van der Waals surface area (Å²) in [4.78, 5) is 5.03. The maximum absolute atomic E-state index is 5.91. The highest BCUT2D eigenvalue weighted by atomic mass is 35.5. The number of nitrogens with zero attached hydrogens (tertiary/aromatic N) is 1. The van der Waals surface area contributed by atoms with Crippen molar-refractivity contribution >= 4 is 41.0 Å². The highest BCUT2D eigenvalue weighted by Crippen LogP contribution is 2.28. The van der Waals surface area contributed by atoms with E-state index in [0.29, 0.717) is 16.6 Å². The van der Waals surface area contributed by atoms with Crippen molar-refractivity contribution in [3.05, 3.63) is 28.2 Å². The summed E-state index contributed by atoms with van der Waals surface area (Å²) < 4.78 is 5.28. The Labute approximate surface area is 108 Å². The van der Waals surface area contributed by atoms with Gasteiger partial charge in [0.15, 0.2) is 0 Å². The van der Waals surface area contributed by atoms with Gasteiger partial charge in [-0.15, -0.1) is 11.8 Å². The minimum atomic E-state index is 0.0550. The van der Waals surface area contributed by atoms with Gasteiger partial charge in [-0.2, -0.15) is 0 Å². The lowest BCUT2D eigenvalue weighted by Crippen LogP contribution is -2.19. The van der Waals surface area contributed by atoms with E-state index in [-0.39, 0.29) is 12.1 Å². The Hall–Kier alpha value is -0.580. The van der Waals surface area contributed by atoms with Gasteiger partial charge in [-0.1, -0.05) is 23.2 Å². The van der Waals surface area contributed by atoms with E-state index in [1.165, 1.54) is 0 Å². The maximum atomic E-state index is 5.91. The first kappa shape index (κ1) is 11.9. The lowest BCUT2D eigenvalue weighted by Gasteiger charge is -2.09. The highest BCUT2D eigenvalue weighted by Gasteiger charge is 2.17. The van der Waals surface area contributed by atoms with Crippen LogP contribution in [0.4, 0.5) is 0 Å². The van der Waals surface area contributed by atoms with Crippen molar-refractivity contribution in [1.82, 2.24) is 0 Å². The largest absolute Gasteiger partial charge is 0.459 e. The van der Waals surface area contributed by atoms with Gasteiger partial charge in [-0.3, -0.25) is 0 Å². The zero-order valence-electron chi connectivity index (χ0n) is 8.32. The summed E-state index contributed by atoms with van der Waals surface area (Å²) in [5, 5.41) is 1.13. The number of rotatable bonds is 3. The number of ether oxygens (including phenoxy) is 1. The lowest BCUT2D eigenvalue weighted by atomic mass is 10.4. The van der Waals surface area contributed by atoms with E-state index in [4.69, 9.17) is 33.7 Å². The van der Waals surface area contributed by atoms with E-state index in [2.05, 4.69) is 4.99 Å². The number of benzene rings is 1. The zero-order valence-corrected chi connectivity index (χ0v) is 10.6. The third-order valence-corrected chi connectivity index (χ3v) is 3.93. The molecular formula is C10H10Cl2N2OS. The van der Waals surface area contributed by atoms with Gasteiger partial charge in [-0.25, -0.2) is 4.99 Å². The van der Waals surface area contributed by atoms with Crippen LogP contribution in [0.1, 0.15) is 0 Å². The second-order valence-corrected chi connectivity index (χ2v) is 5.21. The van der Waals surface area contributed by atoms with Gasteiger partial charge in [0.1, 0.15) is 6.10 Å². The first-order valence-corrected chi connectivity index (χ1v) is 6.44. The van der Waals surface area contributed by atoms with Crippen molar-refractivity contribution in [1.29, 1.82) is 0 Å². The molecule has 86 valence electrons. The van der Waals surface area contributed by atoms with E-state index >= 15 is 0 Å². The summed E-state index contributed by atoms with van der Waals surface area (Å²) in [5.41, 5.74) is 5.42. The average Bonchev–Trinajstić information content (AvgIpc) is 2.66. The van der Waals surface area contributed by atoms with E-state index in [1.807, 2.05) is 12.1 Å². The van der Waals surface area contributed by atoms with Gasteiger partial charge in [0.2, 0.25) is 0 Å². The standard InChI is InChI=1S/C10H10Cl2N2OS/c11-8-2-1-7(3-9(8)12)16-5-6-4-14-10(13)15-6/h1-3,6H,4-5H2,(H2,13,14). The molecule has 0 aromatic heterocycles. The third kappa shape index (κ3) is 2.97. The van der Waals surface area contributed by atoms with E-state index in [9.17, 15) is 0 Å². The zero-order chi connectivity index (χ0) is 11.5. The molecule has 3 nitrogen and oxygen atoms in total. The number of amidine groups is 1. The monoisotopic (exact) mass is 276 g/mol. The summed E-state index contributed by atoms with van der Waals surface area (Å²) in [5.74, 6) is 0.794. The maximum Gasteiger partial charge on any atom is 0.282 e. The molecule has 0 aliphatic carbocycles. The minimum Gasteiger partial charge on any atom is -0.459 e. The van der Waals surface area contributed by atoms with Gasteiger partial charge < -0.3 is 10.5 Å². The molecular weight excluding hydrogens is 267 g/mol. The summed E-state index contributed by atoms with van der Waals surface area (Å²) in [6.45, 7) is 0.625. The van der Waals surface area contributed by atoms with Crippen molar-refractivity contribution in [2.75, 3.05) is 12.3 Å². The summed E-state index contributed by atoms with van der Waals surface area (Å²) in [6, 6.07) is 5.83. The number of hydrogen-bond acceptors (Lipinski definition) is 4. The molecule has 0 fully saturated rings. The second kappa shape index (κ2) is 5.17. The Morgan fingerprint density at radius 1 is 1.44 bits per heavy atom. The molecule has 1 atom stereocenters. The van der Waals surface area contributed by atoms with Gasteiger partial charge in [0.25, 0.3) is 6.02 Å². The summed E-state index contributed by atoms with van der Waals surface area (Å²) >= 11 is 13.4. The molecule has 1 aliphatic rings. The Morgan fingerprint density at radius 3 is 2.88 bits per heavy atom. The molecule has 0 saturated heterocycles. The summed E-state index contributed by atoms with van der Waals surface area (Å²) in [7, 11) is 0. The number of thioether (sulfide) groups is 1. The smallest absolute Gasteiger partial charge is 0.282 e. The molecule has 1 aromatic rings. The molecule has 0 radical (unpaired) electrons. The van der Waals surface area contributed by atoms with Crippen LogP contribution in [0.25, 0.3) is 0 Å². The van der Waals surface area contributed by atoms with Crippen LogP contribution < -0.4 is 5.73 Å². The molecule has 2 rings (SSSR count). The quantitative estimate of drug-likeness (QED) is 0.864. The highest BCUT2D eigenvalue weighted by molar-refractivity contribution is 7.99. The Morgan fingerprint density at radius 2 is 2.25 bits per heavy atom. The average molecular weight is 277 g/mol. The van der Waals surface area contributed by atoms with Crippen LogP contribution in [0.5, 0.6) is 0 Å². The molecule has 1 aromatic carbocycles. The van der Waals surface area contributed by atoms with Gasteiger partial charge >= 0.3 is 0 Å². The molecule has 0 amide bonds. The number of hydrogen-bond donors (Lipinski definition) is 1. The fraction of sp³-hybridized carbons (Fsp3) is 0.300. The second-order valence-electron chi connectivity index (χ2n) is 3.31. The number of nitrogens with two attached hydrogens (primary N) is 1. The van der Waals surface area contributed by atoms with Crippen LogP contribution in [0.15, 0.2) is 28.1 Å². The molecule has 0 saturated carbocycles. The molecule has 1 unspecified atom stereocenters. The van der Waals surface area contributed by atoms with E-state index < -0.39 is 0 Å². The van der Waals surface area contributed by atoms with Crippen molar-refractivity contribution in [2.45, 2.75) is 11.0 Å². The topological polar surface area (TPSA) is 47.6 Å². The predicted molar refractivity (Wildman–Crippen MR) is 68.5 cm³/mol. The Kier molecular flexibility index (Phi) is 3.84. The molecule has 1 heterocycles. The first-order valence-electron chi connectivity index (χ1n) is 4.69. The first-order chi connectivity index (χ1) is 7.65. The van der Waals surface area contributed by atoms with Crippen molar-refractivity contribution in [2.24, 2.45) is 10.7 Å². The Bertz CT molecular complexity index is 425. The van der Waals surface area contributed by atoms with Gasteiger partial charge in [-0.05, 0) is 18.2 Å². The van der Waals surface area contributed by atoms with Crippen LogP contribution in [-0.2, 0) is 4.74 Å². The third-order valence-electron chi connectivity index (χ3n) is 2.07. The Balaban J connectivity index is 1.88. The lowest BCUT2D eigenvalue weighted by molar-refractivity contribution is 0.247. The predicted octanol–water partition coefficient (Wildman–Crippen LogP) is 2.80. The van der Waals surface area contributed by atoms with E-state index in [1.54, 1.807) is 17.8 Å². The van der Waals surface area contributed by atoms with E-state index in [0.717, 1.165) is 10.6 Å². The molecule has 16 heavy (non-hydrogen) atoms. The molecule has 6 heteroatoms. The molecule has 0 bridgehead atoms. The normalized spacial score (nSPS) is 19.4. The van der Waals surface area contributed by atoms with Gasteiger partial charge in [0.05, 0.1) is 16.6 Å². The fourth-order valence-corrected chi connectivity index (χ4v) is 2.56. The number of halogens is 2. The number of aliphatic imine (C=N–C) groups is 1. The van der Waals surface area contributed by atoms with Crippen LogP contribution in [0.2, 0.25) is 10.0 Å². The molecule has 1 aliphatic heterocycles. The molecule has 2 N–H and O–H groups in total. The van der Waals surface area contributed by atoms with Crippen LogP contribution in [0, 0.1) is 0 Å². The van der Waals surface area contributed by atoms with Crippen molar-refractivity contribution in [3.8, 4) is 0 Å². The van der Waals surface area contributed by atoms with Crippen LogP contribution in [0.3, 0.4) is 0 Å². The molecule has 0 spiro atoms. The van der Waals surface area contributed by atoms with Crippen molar-refractivity contribution < 1.29 is 4.74 Å². The fourth-order valence-electron chi connectivity index (χ4n) is 1.28. The van der Waals surface area contributed by atoms with Crippen LogP contribution >= 0.6 is 35.0 Å². The van der Waals surface area contributed by atoms with Crippen LogP contribution in [-0.4, -0.2) is 24.4 Å². The van der Waals surface area contributed by atoms with Crippen molar-refractivity contribution in [3.63, 3.8) is 0 Å². The summed E-state index contributed by atoms with van der Waals surface area (Å²) in [6.07, 6.45) is 0.0550. The SMILES string of the molecule is NC1=NCC(CSc2ccc(Cl)c(Cl)c2)O1.